The molecule has 0 aliphatic heterocycles. The van der Waals surface area contributed by atoms with E-state index in [9.17, 15) is 0 Å². The maximum absolute atomic E-state index is 6.27. The molecule has 1 saturated carbocycles. The van der Waals surface area contributed by atoms with Crippen molar-refractivity contribution < 1.29 is 4.74 Å². The van der Waals surface area contributed by atoms with Gasteiger partial charge in [0.05, 0.1) is 5.52 Å². The molecule has 1 aliphatic carbocycles. The fraction of sp³-hybridized carbons (Fsp3) is 0.400. The molecule has 0 unspecified atom stereocenters. The second-order valence-electron chi connectivity index (χ2n) is 6.79. The van der Waals surface area contributed by atoms with Gasteiger partial charge in [-0.05, 0) is 51.2 Å². The second kappa shape index (κ2) is 8.28. The van der Waals surface area contributed by atoms with E-state index in [4.69, 9.17) is 27.9 Å². The van der Waals surface area contributed by atoms with Gasteiger partial charge in [-0.3, -0.25) is 0 Å². The van der Waals surface area contributed by atoms with E-state index in [1.807, 2.05) is 32.2 Å². The van der Waals surface area contributed by atoms with Crippen molar-refractivity contribution in [2.75, 3.05) is 0 Å². The minimum atomic E-state index is 0.139. The zero-order valence-electron chi connectivity index (χ0n) is 15.1. The van der Waals surface area contributed by atoms with E-state index in [1.54, 1.807) is 6.20 Å². The zero-order valence-corrected chi connectivity index (χ0v) is 16.6. The van der Waals surface area contributed by atoms with Crippen LogP contribution < -0.4 is 0 Å². The van der Waals surface area contributed by atoms with Crippen LogP contribution in [0, 0.1) is 0 Å². The number of hydrogen-bond donors (Lipinski definition) is 1. The van der Waals surface area contributed by atoms with Crippen molar-refractivity contribution in [3.05, 3.63) is 47.7 Å². The van der Waals surface area contributed by atoms with Crippen LogP contribution in [0.3, 0.4) is 0 Å². The highest BCUT2D eigenvalue weighted by Gasteiger charge is 2.21. The van der Waals surface area contributed by atoms with Gasteiger partial charge in [0.2, 0.25) is 5.88 Å². The number of hydrogen-bond acceptors (Lipinski definition) is 3. The number of halogens is 2. The topological polar surface area (TPSA) is 50.3 Å². The predicted octanol–water partition coefficient (Wildman–Crippen LogP) is 6.12. The van der Waals surface area contributed by atoms with E-state index in [1.165, 1.54) is 0 Å². The fourth-order valence-corrected chi connectivity index (χ4v) is 3.65. The number of H-pyrrole nitrogens is 1. The molecule has 0 saturated heterocycles. The number of nitrogens with zero attached hydrogens (tertiary/aromatic N) is 2. The summed E-state index contributed by atoms with van der Waals surface area (Å²) in [6.07, 6.45) is 9.40. The molecule has 0 spiro atoms. The van der Waals surface area contributed by atoms with Crippen molar-refractivity contribution >= 4 is 45.4 Å². The highest BCUT2D eigenvalue weighted by Crippen LogP contribution is 2.31. The van der Waals surface area contributed by atoms with Gasteiger partial charge in [0, 0.05) is 40.5 Å². The number of aromatic amines is 1. The predicted molar refractivity (Wildman–Crippen MR) is 110 cm³/mol. The number of ether oxygens (including phenoxy) is 1. The van der Waals surface area contributed by atoms with E-state index in [0.717, 1.165) is 53.4 Å². The van der Waals surface area contributed by atoms with Gasteiger partial charge in [-0.25, -0.2) is 9.98 Å². The maximum Gasteiger partial charge on any atom is 0.213 e. The molecule has 2 aromatic rings. The molecule has 2 aromatic heterocycles. The second-order valence-corrected chi connectivity index (χ2v) is 7.76. The van der Waals surface area contributed by atoms with Gasteiger partial charge in [0.1, 0.15) is 11.3 Å². The Bertz CT molecular complexity index is 857. The lowest BCUT2D eigenvalue weighted by atomic mass is 9.97. The van der Waals surface area contributed by atoms with Crippen LogP contribution in [0.2, 0.25) is 5.15 Å². The first kappa shape index (κ1) is 19.0. The molecule has 1 aliphatic rings. The molecule has 1 fully saturated rings. The molecule has 4 nitrogen and oxygen atoms in total. The van der Waals surface area contributed by atoms with Crippen molar-refractivity contribution in [3.63, 3.8) is 0 Å². The van der Waals surface area contributed by atoms with Gasteiger partial charge in [0.25, 0.3) is 0 Å². The highest BCUT2D eigenvalue weighted by atomic mass is 35.5. The van der Waals surface area contributed by atoms with Crippen LogP contribution in [0.25, 0.3) is 16.5 Å². The largest absolute Gasteiger partial charge is 0.474 e. The van der Waals surface area contributed by atoms with Gasteiger partial charge in [-0.15, -0.1) is 11.6 Å². The van der Waals surface area contributed by atoms with Crippen LogP contribution in [0.4, 0.5) is 0 Å². The molecule has 2 heterocycles. The Balaban J connectivity index is 1.86. The molecule has 0 radical (unpaired) electrons. The number of rotatable bonds is 5. The number of aromatic nitrogens is 2. The summed E-state index contributed by atoms with van der Waals surface area (Å²) in [6, 6.07) is 1.89. The first-order chi connectivity index (χ1) is 12.4. The molecule has 0 amide bonds. The number of nitrogens with one attached hydrogen (secondary N) is 1. The third kappa shape index (κ3) is 4.49. The van der Waals surface area contributed by atoms with Crippen LogP contribution >= 0.6 is 23.2 Å². The Morgan fingerprint density at radius 2 is 2.08 bits per heavy atom. The monoisotopic (exact) mass is 391 g/mol. The highest BCUT2D eigenvalue weighted by molar-refractivity contribution is 6.34. The fourth-order valence-electron chi connectivity index (χ4n) is 3.14. The van der Waals surface area contributed by atoms with E-state index in [-0.39, 0.29) is 11.5 Å². The van der Waals surface area contributed by atoms with Crippen molar-refractivity contribution in [2.45, 2.75) is 51.0 Å². The van der Waals surface area contributed by atoms with E-state index in [0.29, 0.717) is 11.0 Å². The van der Waals surface area contributed by atoms with Crippen molar-refractivity contribution in [1.82, 2.24) is 9.97 Å². The molecule has 3 rings (SSSR count). The molecule has 1 N–H and O–H groups in total. The third-order valence-electron chi connectivity index (χ3n) is 4.41. The summed E-state index contributed by atoms with van der Waals surface area (Å²) in [6.45, 7) is 8.08. The molecule has 138 valence electrons. The smallest absolute Gasteiger partial charge is 0.213 e. The SMILES string of the molecule is C=C(/C=C(\N=C(C)C)OC1CCC(Cl)CC1)c1c[nH]c2ccnc(Cl)c12. The number of allylic oxidation sites excluding steroid dienone is 2. The Morgan fingerprint density at radius 1 is 1.35 bits per heavy atom. The van der Waals surface area contributed by atoms with Gasteiger partial charge in [-0.2, -0.15) is 0 Å². The van der Waals surface area contributed by atoms with E-state index in [2.05, 4.69) is 21.5 Å². The normalized spacial score (nSPS) is 20.8. The minimum Gasteiger partial charge on any atom is -0.474 e. The summed E-state index contributed by atoms with van der Waals surface area (Å²) in [5, 5.41) is 1.57. The van der Waals surface area contributed by atoms with Crippen molar-refractivity contribution in [1.29, 1.82) is 0 Å². The lowest BCUT2D eigenvalue weighted by Crippen LogP contribution is -2.21. The average molecular weight is 392 g/mol. The first-order valence-electron chi connectivity index (χ1n) is 8.79. The Kier molecular flexibility index (Phi) is 6.05. The van der Waals surface area contributed by atoms with Crippen molar-refractivity contribution in [2.24, 2.45) is 4.99 Å². The summed E-state index contributed by atoms with van der Waals surface area (Å²) < 4.78 is 6.16. The Hall–Kier alpha value is -1.78. The molecule has 0 aromatic carbocycles. The quantitative estimate of drug-likeness (QED) is 0.219. The molecule has 0 atom stereocenters. The summed E-state index contributed by atoms with van der Waals surface area (Å²) in [5.74, 6) is 0.572. The van der Waals surface area contributed by atoms with Gasteiger partial charge >= 0.3 is 0 Å². The van der Waals surface area contributed by atoms with Crippen LogP contribution in [0.5, 0.6) is 0 Å². The van der Waals surface area contributed by atoms with E-state index >= 15 is 0 Å². The van der Waals surface area contributed by atoms with Crippen molar-refractivity contribution in [3.8, 4) is 0 Å². The minimum absolute atomic E-state index is 0.139. The van der Waals surface area contributed by atoms with Crippen LogP contribution in [0.1, 0.15) is 45.1 Å². The number of alkyl halides is 1. The average Bonchev–Trinajstić information content (AvgIpc) is 3.02. The van der Waals surface area contributed by atoms with Gasteiger partial charge < -0.3 is 9.72 Å². The maximum atomic E-state index is 6.27. The van der Waals surface area contributed by atoms with Crippen LogP contribution in [-0.4, -0.2) is 27.2 Å². The Morgan fingerprint density at radius 3 is 2.77 bits per heavy atom. The van der Waals surface area contributed by atoms with Gasteiger partial charge in [0.15, 0.2) is 0 Å². The zero-order chi connectivity index (χ0) is 18.7. The number of fused-ring (bicyclic) bond motifs is 1. The molecule has 6 heteroatoms. The number of pyridine rings is 1. The molecule has 0 bridgehead atoms. The lowest BCUT2D eigenvalue weighted by molar-refractivity contribution is 0.0825. The van der Waals surface area contributed by atoms with Crippen LogP contribution in [0.15, 0.2) is 42.0 Å². The molecular formula is C20H23Cl2N3O. The van der Waals surface area contributed by atoms with Crippen LogP contribution in [-0.2, 0) is 4.74 Å². The summed E-state index contributed by atoms with van der Waals surface area (Å²) in [5.41, 5.74) is 3.52. The third-order valence-corrected chi connectivity index (χ3v) is 5.14. The molecular weight excluding hydrogens is 369 g/mol. The summed E-state index contributed by atoms with van der Waals surface area (Å²) >= 11 is 12.5. The number of aliphatic imine (C=N–C) groups is 1. The van der Waals surface area contributed by atoms with Gasteiger partial charge in [-0.1, -0.05) is 18.2 Å². The lowest BCUT2D eigenvalue weighted by Gasteiger charge is -2.26. The standard InChI is InChI=1S/C20H23Cl2N3O/c1-12(2)25-18(26-15-6-4-14(21)5-7-15)10-13(3)16-11-24-17-8-9-23-20(22)19(16)17/h8-11,14-15,24H,3-7H2,1-2H3/b18-10+. The Labute approximate surface area is 164 Å². The summed E-state index contributed by atoms with van der Waals surface area (Å²) in [7, 11) is 0. The van der Waals surface area contributed by atoms with E-state index < -0.39 is 0 Å². The first-order valence-corrected chi connectivity index (χ1v) is 9.60. The molecule has 26 heavy (non-hydrogen) atoms. The summed E-state index contributed by atoms with van der Waals surface area (Å²) in [4.78, 5) is 11.9.